The average Bonchev–Trinajstić information content (AvgIpc) is 2.83. The van der Waals surface area contributed by atoms with E-state index in [1.165, 1.54) is 0 Å². The van der Waals surface area contributed by atoms with Crippen LogP contribution in [0.3, 0.4) is 0 Å². The Labute approximate surface area is 116 Å². The number of benzene rings is 1. The van der Waals surface area contributed by atoms with Gasteiger partial charge in [0, 0.05) is 23.2 Å². The van der Waals surface area contributed by atoms with E-state index in [9.17, 15) is 4.79 Å². The standard InChI is InChI=1S/C14H17N3OS/c1-3-14(18)17-12-6-4-11(5-7-12)15-8-13-9-19-10(2)16-13/h4-7,9,15H,3,8H2,1-2H3,(H,17,18). The van der Waals surface area contributed by atoms with E-state index in [-0.39, 0.29) is 5.91 Å². The lowest BCUT2D eigenvalue weighted by atomic mass is 10.2. The monoisotopic (exact) mass is 275 g/mol. The molecule has 0 atom stereocenters. The first kappa shape index (κ1) is 13.5. The van der Waals surface area contributed by atoms with Crippen molar-refractivity contribution >= 4 is 28.6 Å². The van der Waals surface area contributed by atoms with Gasteiger partial charge in [0.05, 0.1) is 17.2 Å². The molecule has 2 N–H and O–H groups in total. The second-order valence-electron chi connectivity index (χ2n) is 4.19. The number of nitrogens with one attached hydrogen (secondary N) is 2. The van der Waals surface area contributed by atoms with Crippen molar-refractivity contribution in [3.63, 3.8) is 0 Å². The van der Waals surface area contributed by atoms with Crippen LogP contribution in [0.4, 0.5) is 11.4 Å². The molecule has 0 fully saturated rings. The van der Waals surface area contributed by atoms with Gasteiger partial charge in [-0.05, 0) is 31.2 Å². The molecule has 0 aliphatic rings. The summed E-state index contributed by atoms with van der Waals surface area (Å²) in [5.41, 5.74) is 2.88. The molecule has 0 bridgehead atoms. The third-order valence-corrected chi connectivity index (χ3v) is 3.45. The molecule has 5 heteroatoms. The van der Waals surface area contributed by atoms with Crippen LogP contribution >= 0.6 is 11.3 Å². The highest BCUT2D eigenvalue weighted by Gasteiger charge is 2.00. The summed E-state index contributed by atoms with van der Waals surface area (Å²) in [4.78, 5) is 15.6. The predicted molar refractivity (Wildman–Crippen MR) is 79.5 cm³/mol. The van der Waals surface area contributed by atoms with E-state index < -0.39 is 0 Å². The van der Waals surface area contributed by atoms with E-state index in [0.717, 1.165) is 22.1 Å². The molecule has 0 saturated carbocycles. The van der Waals surface area contributed by atoms with Crippen LogP contribution < -0.4 is 10.6 Å². The molecule has 1 amide bonds. The number of anilines is 2. The number of carbonyl (C=O) groups is 1. The lowest BCUT2D eigenvalue weighted by Crippen LogP contribution is -2.09. The molecule has 0 saturated heterocycles. The number of carbonyl (C=O) groups excluding carboxylic acids is 1. The van der Waals surface area contributed by atoms with Gasteiger partial charge < -0.3 is 10.6 Å². The lowest BCUT2D eigenvalue weighted by Gasteiger charge is -2.07. The Morgan fingerprint density at radius 1 is 1.26 bits per heavy atom. The van der Waals surface area contributed by atoms with Gasteiger partial charge in [0.1, 0.15) is 0 Å². The zero-order valence-electron chi connectivity index (χ0n) is 11.1. The summed E-state index contributed by atoms with van der Waals surface area (Å²) >= 11 is 1.65. The fourth-order valence-corrected chi connectivity index (χ4v) is 2.22. The maximum absolute atomic E-state index is 11.2. The van der Waals surface area contributed by atoms with Gasteiger partial charge in [-0.15, -0.1) is 11.3 Å². The number of aryl methyl sites for hydroxylation is 1. The third-order valence-electron chi connectivity index (χ3n) is 2.63. The van der Waals surface area contributed by atoms with Gasteiger partial charge in [0.25, 0.3) is 0 Å². The largest absolute Gasteiger partial charge is 0.379 e. The van der Waals surface area contributed by atoms with Crippen LogP contribution in [-0.2, 0) is 11.3 Å². The van der Waals surface area contributed by atoms with Crippen molar-refractivity contribution < 1.29 is 4.79 Å². The Hall–Kier alpha value is -1.88. The minimum atomic E-state index is 0.0265. The fraction of sp³-hybridized carbons (Fsp3) is 0.286. The van der Waals surface area contributed by atoms with Gasteiger partial charge in [-0.2, -0.15) is 0 Å². The number of rotatable bonds is 5. The molecule has 0 aliphatic carbocycles. The highest BCUT2D eigenvalue weighted by Crippen LogP contribution is 2.15. The van der Waals surface area contributed by atoms with Gasteiger partial charge in [-0.3, -0.25) is 4.79 Å². The number of nitrogens with zero attached hydrogens (tertiary/aromatic N) is 1. The Kier molecular flexibility index (Phi) is 4.52. The molecular weight excluding hydrogens is 258 g/mol. The van der Waals surface area contributed by atoms with E-state index in [4.69, 9.17) is 0 Å². The average molecular weight is 275 g/mol. The molecular formula is C14H17N3OS. The summed E-state index contributed by atoms with van der Waals surface area (Å²) in [6, 6.07) is 7.68. The molecule has 1 heterocycles. The van der Waals surface area contributed by atoms with Crippen molar-refractivity contribution in [2.75, 3.05) is 10.6 Å². The molecule has 0 spiro atoms. The van der Waals surface area contributed by atoms with Gasteiger partial charge >= 0.3 is 0 Å². The van der Waals surface area contributed by atoms with Crippen LogP contribution in [0.1, 0.15) is 24.0 Å². The number of amides is 1. The van der Waals surface area contributed by atoms with Crippen LogP contribution in [0.15, 0.2) is 29.6 Å². The molecule has 100 valence electrons. The molecule has 2 aromatic rings. The minimum absolute atomic E-state index is 0.0265. The molecule has 19 heavy (non-hydrogen) atoms. The lowest BCUT2D eigenvalue weighted by molar-refractivity contribution is -0.115. The van der Waals surface area contributed by atoms with Gasteiger partial charge in [0.2, 0.25) is 5.91 Å². The zero-order chi connectivity index (χ0) is 13.7. The van der Waals surface area contributed by atoms with Crippen molar-refractivity contribution in [2.24, 2.45) is 0 Å². The number of hydrogen-bond donors (Lipinski definition) is 2. The molecule has 0 aliphatic heterocycles. The summed E-state index contributed by atoms with van der Waals surface area (Å²) in [6.07, 6.45) is 0.489. The normalized spacial score (nSPS) is 10.2. The van der Waals surface area contributed by atoms with Crippen molar-refractivity contribution in [3.05, 3.63) is 40.3 Å². The molecule has 1 aromatic carbocycles. The van der Waals surface area contributed by atoms with E-state index in [0.29, 0.717) is 13.0 Å². The van der Waals surface area contributed by atoms with Crippen molar-refractivity contribution in [1.29, 1.82) is 0 Å². The Bertz CT molecular complexity index is 548. The molecule has 1 aromatic heterocycles. The Morgan fingerprint density at radius 3 is 2.53 bits per heavy atom. The summed E-state index contributed by atoms with van der Waals surface area (Å²) in [5.74, 6) is 0.0265. The fourth-order valence-electron chi connectivity index (χ4n) is 1.60. The second-order valence-corrected chi connectivity index (χ2v) is 5.25. The van der Waals surface area contributed by atoms with E-state index in [2.05, 4.69) is 21.0 Å². The van der Waals surface area contributed by atoms with Crippen LogP contribution in [0.25, 0.3) is 0 Å². The highest BCUT2D eigenvalue weighted by molar-refractivity contribution is 7.09. The van der Waals surface area contributed by atoms with Crippen LogP contribution in [0.2, 0.25) is 0 Å². The Balaban J connectivity index is 1.89. The highest BCUT2D eigenvalue weighted by atomic mass is 32.1. The van der Waals surface area contributed by atoms with E-state index in [1.54, 1.807) is 11.3 Å². The smallest absolute Gasteiger partial charge is 0.224 e. The zero-order valence-corrected chi connectivity index (χ0v) is 11.9. The first-order valence-corrected chi connectivity index (χ1v) is 7.10. The maximum atomic E-state index is 11.2. The van der Waals surface area contributed by atoms with Crippen molar-refractivity contribution in [1.82, 2.24) is 4.98 Å². The van der Waals surface area contributed by atoms with Gasteiger partial charge in [0.15, 0.2) is 0 Å². The molecule has 0 unspecified atom stereocenters. The molecule has 4 nitrogen and oxygen atoms in total. The van der Waals surface area contributed by atoms with Crippen LogP contribution in [0, 0.1) is 6.92 Å². The van der Waals surface area contributed by atoms with Crippen LogP contribution in [-0.4, -0.2) is 10.9 Å². The Morgan fingerprint density at radius 2 is 1.95 bits per heavy atom. The van der Waals surface area contributed by atoms with Gasteiger partial charge in [-0.1, -0.05) is 6.92 Å². The molecule has 0 radical (unpaired) electrons. The SMILES string of the molecule is CCC(=O)Nc1ccc(NCc2csc(C)n2)cc1. The van der Waals surface area contributed by atoms with Crippen molar-refractivity contribution in [2.45, 2.75) is 26.8 Å². The van der Waals surface area contributed by atoms with Crippen molar-refractivity contribution in [3.8, 4) is 0 Å². The summed E-state index contributed by atoms with van der Waals surface area (Å²) < 4.78 is 0. The minimum Gasteiger partial charge on any atom is -0.379 e. The summed E-state index contributed by atoms with van der Waals surface area (Å²) in [6.45, 7) is 4.55. The quantitative estimate of drug-likeness (QED) is 0.879. The van der Waals surface area contributed by atoms with E-state index in [1.807, 2.05) is 38.1 Å². The maximum Gasteiger partial charge on any atom is 0.224 e. The van der Waals surface area contributed by atoms with Gasteiger partial charge in [-0.25, -0.2) is 4.98 Å². The predicted octanol–water partition coefficient (Wildman–Crippen LogP) is 3.41. The number of hydrogen-bond acceptors (Lipinski definition) is 4. The van der Waals surface area contributed by atoms with E-state index >= 15 is 0 Å². The number of thiazole rings is 1. The first-order chi connectivity index (χ1) is 9.17. The topological polar surface area (TPSA) is 54.0 Å². The summed E-state index contributed by atoms with van der Waals surface area (Å²) in [7, 11) is 0. The first-order valence-electron chi connectivity index (χ1n) is 6.22. The number of aromatic nitrogens is 1. The summed E-state index contributed by atoms with van der Waals surface area (Å²) in [5, 5.41) is 9.25. The second kappa shape index (κ2) is 6.33. The molecule has 2 rings (SSSR count). The third kappa shape index (κ3) is 4.06. The van der Waals surface area contributed by atoms with Crippen LogP contribution in [0.5, 0.6) is 0 Å².